The first-order valence-corrected chi connectivity index (χ1v) is 7.80. The third-order valence-corrected chi connectivity index (χ3v) is 3.57. The molecule has 116 valence electrons. The Morgan fingerprint density at radius 3 is 2.71 bits per heavy atom. The smallest absolute Gasteiger partial charge is 0.147 e. The second-order valence-corrected chi connectivity index (χ2v) is 5.89. The Labute approximate surface area is 131 Å². The Balaban J connectivity index is 2.56. The lowest BCUT2D eigenvalue weighted by atomic mass is 10.2. The molecule has 0 N–H and O–H groups in total. The van der Waals surface area contributed by atoms with Crippen molar-refractivity contribution < 1.29 is 9.47 Å². The fraction of sp³-hybridized carbons (Fsp3) is 0.562. The summed E-state index contributed by atoms with van der Waals surface area (Å²) >= 11 is 6.32. The average molecular weight is 311 g/mol. The van der Waals surface area contributed by atoms with Gasteiger partial charge in [0.1, 0.15) is 17.1 Å². The summed E-state index contributed by atoms with van der Waals surface area (Å²) in [5, 5.41) is -0.171. The molecule has 0 radical (unpaired) electrons. The number of alkyl halides is 1. The maximum absolute atomic E-state index is 6.32. The summed E-state index contributed by atoms with van der Waals surface area (Å²) in [5.41, 5.74) is 1.91. The lowest BCUT2D eigenvalue weighted by molar-refractivity contribution is 0.162. The molecule has 0 saturated heterocycles. The number of methoxy groups -OCH3 is 1. The fourth-order valence-corrected chi connectivity index (χ4v) is 2.65. The number of ether oxygens (including phenoxy) is 2. The van der Waals surface area contributed by atoms with E-state index in [0.717, 1.165) is 29.0 Å². The molecule has 0 fully saturated rings. The molecule has 2 unspecified atom stereocenters. The molecule has 4 nitrogen and oxygen atoms in total. The molecule has 5 heteroatoms. The van der Waals surface area contributed by atoms with Crippen molar-refractivity contribution in [1.29, 1.82) is 0 Å². The van der Waals surface area contributed by atoms with Crippen LogP contribution in [0.3, 0.4) is 0 Å². The maximum Gasteiger partial charge on any atom is 0.147 e. The quantitative estimate of drug-likeness (QED) is 0.714. The van der Waals surface area contributed by atoms with E-state index in [1.807, 2.05) is 19.1 Å². The van der Waals surface area contributed by atoms with Gasteiger partial charge in [-0.15, -0.1) is 11.6 Å². The average Bonchev–Trinajstić information content (AvgIpc) is 2.85. The van der Waals surface area contributed by atoms with E-state index in [2.05, 4.69) is 24.5 Å². The van der Waals surface area contributed by atoms with E-state index in [0.29, 0.717) is 13.2 Å². The molecule has 2 rings (SSSR count). The van der Waals surface area contributed by atoms with Crippen molar-refractivity contribution in [3.63, 3.8) is 0 Å². The molecule has 2 atom stereocenters. The van der Waals surface area contributed by atoms with E-state index >= 15 is 0 Å². The van der Waals surface area contributed by atoms with E-state index in [-0.39, 0.29) is 11.4 Å². The van der Waals surface area contributed by atoms with Gasteiger partial charge in [-0.2, -0.15) is 0 Å². The van der Waals surface area contributed by atoms with Crippen molar-refractivity contribution in [3.8, 4) is 5.75 Å². The summed E-state index contributed by atoms with van der Waals surface area (Å²) in [6, 6.07) is 6.17. The molecule has 21 heavy (non-hydrogen) atoms. The molecule has 0 bridgehead atoms. The molecular formula is C16H23ClN2O2. The van der Waals surface area contributed by atoms with Gasteiger partial charge < -0.3 is 14.0 Å². The van der Waals surface area contributed by atoms with Crippen molar-refractivity contribution in [2.45, 2.75) is 38.6 Å². The van der Waals surface area contributed by atoms with Crippen LogP contribution in [0.15, 0.2) is 18.2 Å². The van der Waals surface area contributed by atoms with E-state index in [1.165, 1.54) is 0 Å². The van der Waals surface area contributed by atoms with Gasteiger partial charge in [-0.05, 0) is 32.4 Å². The fourth-order valence-electron chi connectivity index (χ4n) is 2.50. The lowest BCUT2D eigenvalue weighted by Crippen LogP contribution is -2.14. The van der Waals surface area contributed by atoms with Crippen molar-refractivity contribution in [2.24, 2.45) is 0 Å². The molecule has 2 aromatic rings. The first-order chi connectivity index (χ1) is 10.1. The standard InChI is InChI=1S/C16H23ClN2O2/c1-5-9-21-14-8-6-7-13-15(14)18-16(12(3)17)19(13)11(2)10-20-4/h6-8,11-12H,5,9-10H2,1-4H3. The molecule has 0 saturated carbocycles. The van der Waals surface area contributed by atoms with Crippen molar-refractivity contribution in [3.05, 3.63) is 24.0 Å². The van der Waals surface area contributed by atoms with Gasteiger partial charge in [-0.3, -0.25) is 0 Å². The number of para-hydroxylation sites is 1. The number of aromatic nitrogens is 2. The Morgan fingerprint density at radius 2 is 2.10 bits per heavy atom. The predicted molar refractivity (Wildman–Crippen MR) is 86.4 cm³/mol. The highest BCUT2D eigenvalue weighted by Gasteiger charge is 2.21. The number of nitrogens with zero attached hydrogens (tertiary/aromatic N) is 2. The number of hydrogen-bond acceptors (Lipinski definition) is 3. The van der Waals surface area contributed by atoms with Crippen LogP contribution < -0.4 is 4.74 Å². The molecule has 1 aromatic carbocycles. The molecule has 0 aliphatic carbocycles. The number of halogens is 1. The van der Waals surface area contributed by atoms with Crippen molar-refractivity contribution >= 4 is 22.6 Å². The largest absolute Gasteiger partial charge is 0.491 e. The van der Waals surface area contributed by atoms with E-state index < -0.39 is 0 Å². The Morgan fingerprint density at radius 1 is 1.33 bits per heavy atom. The summed E-state index contributed by atoms with van der Waals surface area (Å²) in [5.74, 6) is 1.67. The molecule has 0 aliphatic heterocycles. The van der Waals surface area contributed by atoms with Gasteiger partial charge in [0, 0.05) is 7.11 Å². The van der Waals surface area contributed by atoms with Crippen LogP contribution in [0.25, 0.3) is 11.0 Å². The second kappa shape index (κ2) is 7.14. The summed E-state index contributed by atoms with van der Waals surface area (Å²) in [6.07, 6.45) is 0.968. The third kappa shape index (κ3) is 3.33. The van der Waals surface area contributed by atoms with Crippen LogP contribution in [0.4, 0.5) is 0 Å². The minimum absolute atomic E-state index is 0.164. The first kappa shape index (κ1) is 16.1. The first-order valence-electron chi connectivity index (χ1n) is 7.36. The Bertz CT molecular complexity index is 595. The third-order valence-electron chi connectivity index (χ3n) is 3.38. The van der Waals surface area contributed by atoms with E-state index in [9.17, 15) is 0 Å². The highest BCUT2D eigenvalue weighted by Crippen LogP contribution is 2.32. The summed E-state index contributed by atoms with van der Waals surface area (Å²) < 4.78 is 13.2. The van der Waals surface area contributed by atoms with Gasteiger partial charge in [-0.1, -0.05) is 13.0 Å². The van der Waals surface area contributed by atoms with Crippen LogP contribution in [-0.4, -0.2) is 29.9 Å². The minimum atomic E-state index is -0.171. The number of benzene rings is 1. The van der Waals surface area contributed by atoms with Crippen LogP contribution in [0.2, 0.25) is 0 Å². The Hall–Kier alpha value is -1.26. The second-order valence-electron chi connectivity index (χ2n) is 5.23. The normalized spacial score (nSPS) is 14.3. The molecule has 1 aromatic heterocycles. The maximum atomic E-state index is 6.32. The van der Waals surface area contributed by atoms with Crippen LogP contribution in [0.5, 0.6) is 5.75 Å². The SMILES string of the molecule is CCCOc1cccc2c1nc(C(C)Cl)n2C(C)COC. The molecular weight excluding hydrogens is 288 g/mol. The van der Waals surface area contributed by atoms with E-state index in [4.69, 9.17) is 26.1 Å². The molecule has 0 spiro atoms. The van der Waals surface area contributed by atoms with Crippen LogP contribution in [-0.2, 0) is 4.74 Å². The summed E-state index contributed by atoms with van der Waals surface area (Å²) in [6.45, 7) is 7.43. The zero-order valence-electron chi connectivity index (χ0n) is 13.1. The highest BCUT2D eigenvalue weighted by molar-refractivity contribution is 6.20. The number of hydrogen-bond donors (Lipinski definition) is 0. The van der Waals surface area contributed by atoms with Gasteiger partial charge >= 0.3 is 0 Å². The zero-order chi connectivity index (χ0) is 15.4. The molecule has 0 aliphatic rings. The molecule has 1 heterocycles. The number of imidazole rings is 1. The highest BCUT2D eigenvalue weighted by atomic mass is 35.5. The summed E-state index contributed by atoms with van der Waals surface area (Å²) in [4.78, 5) is 4.72. The van der Waals surface area contributed by atoms with Gasteiger partial charge in [0.25, 0.3) is 0 Å². The van der Waals surface area contributed by atoms with Gasteiger partial charge in [-0.25, -0.2) is 4.98 Å². The predicted octanol–water partition coefficient (Wildman–Crippen LogP) is 4.33. The zero-order valence-corrected chi connectivity index (χ0v) is 13.9. The number of fused-ring (bicyclic) bond motifs is 1. The Kier molecular flexibility index (Phi) is 5.48. The van der Waals surface area contributed by atoms with Gasteiger partial charge in [0.2, 0.25) is 0 Å². The topological polar surface area (TPSA) is 36.3 Å². The van der Waals surface area contributed by atoms with Gasteiger partial charge in [0.15, 0.2) is 0 Å². The summed E-state index contributed by atoms with van der Waals surface area (Å²) in [7, 11) is 1.70. The van der Waals surface area contributed by atoms with Crippen LogP contribution >= 0.6 is 11.6 Å². The lowest BCUT2D eigenvalue weighted by Gasteiger charge is -2.17. The van der Waals surface area contributed by atoms with Crippen molar-refractivity contribution in [1.82, 2.24) is 9.55 Å². The van der Waals surface area contributed by atoms with Crippen LogP contribution in [0, 0.1) is 0 Å². The molecule has 0 amide bonds. The van der Waals surface area contributed by atoms with Gasteiger partial charge in [0.05, 0.1) is 30.1 Å². The number of rotatable bonds is 7. The minimum Gasteiger partial charge on any atom is -0.491 e. The van der Waals surface area contributed by atoms with E-state index in [1.54, 1.807) is 7.11 Å². The van der Waals surface area contributed by atoms with Crippen LogP contribution in [0.1, 0.15) is 44.4 Å². The van der Waals surface area contributed by atoms with Crippen molar-refractivity contribution in [2.75, 3.05) is 20.3 Å². The monoisotopic (exact) mass is 310 g/mol.